The highest BCUT2D eigenvalue weighted by Gasteiger charge is 2.41. The summed E-state index contributed by atoms with van der Waals surface area (Å²) >= 11 is 1.57. The number of rotatable bonds is 4. The third kappa shape index (κ3) is 3.64. The van der Waals surface area contributed by atoms with Gasteiger partial charge in [0, 0.05) is 44.6 Å². The molecule has 0 radical (unpaired) electrons. The molecule has 24 heavy (non-hydrogen) atoms. The van der Waals surface area contributed by atoms with Crippen LogP contribution in [0, 0.1) is 12.3 Å². The molecule has 1 aromatic rings. The summed E-state index contributed by atoms with van der Waals surface area (Å²) in [5, 5.41) is 0. The fourth-order valence-corrected chi connectivity index (χ4v) is 4.64. The van der Waals surface area contributed by atoms with Crippen molar-refractivity contribution in [3.05, 3.63) is 21.9 Å². The summed E-state index contributed by atoms with van der Waals surface area (Å²) in [5.41, 5.74) is 0.184. The topological polar surface area (TPSA) is 49.9 Å². The number of methoxy groups -OCH3 is 1. The molecule has 0 aliphatic carbocycles. The van der Waals surface area contributed by atoms with Gasteiger partial charge in [0.15, 0.2) is 0 Å². The lowest BCUT2D eigenvalue weighted by atomic mass is 9.72. The van der Waals surface area contributed by atoms with Gasteiger partial charge in [-0.05, 0) is 43.7 Å². The molecular formula is C18H26N2O3S. The van der Waals surface area contributed by atoms with Crippen LogP contribution in [0.15, 0.2) is 12.1 Å². The monoisotopic (exact) mass is 350 g/mol. The number of thiophene rings is 1. The van der Waals surface area contributed by atoms with Crippen LogP contribution in [0.4, 0.5) is 0 Å². The van der Waals surface area contributed by atoms with E-state index in [0.717, 1.165) is 43.8 Å². The minimum absolute atomic E-state index is 0.158. The van der Waals surface area contributed by atoms with Gasteiger partial charge >= 0.3 is 0 Å². The first-order chi connectivity index (χ1) is 11.5. The number of nitrogens with zero attached hydrogens (tertiary/aromatic N) is 2. The molecule has 2 fully saturated rings. The van der Waals surface area contributed by atoms with Crippen LogP contribution in [-0.4, -0.2) is 61.5 Å². The van der Waals surface area contributed by atoms with Crippen molar-refractivity contribution in [1.29, 1.82) is 0 Å². The van der Waals surface area contributed by atoms with Crippen LogP contribution in [0.25, 0.3) is 0 Å². The molecule has 2 saturated heterocycles. The fraction of sp³-hybridized carbons (Fsp3) is 0.667. The lowest BCUT2D eigenvalue weighted by molar-refractivity contribution is -0.139. The molecule has 3 rings (SSSR count). The maximum Gasteiger partial charge on any atom is 0.263 e. The Hall–Kier alpha value is -1.40. The van der Waals surface area contributed by atoms with Crippen LogP contribution < -0.4 is 0 Å². The Balaban J connectivity index is 1.59. The van der Waals surface area contributed by atoms with Crippen LogP contribution in [0.5, 0.6) is 0 Å². The van der Waals surface area contributed by atoms with E-state index in [9.17, 15) is 9.59 Å². The first-order valence-electron chi connectivity index (χ1n) is 8.65. The van der Waals surface area contributed by atoms with E-state index in [0.29, 0.717) is 19.6 Å². The highest BCUT2D eigenvalue weighted by molar-refractivity contribution is 7.13. The maximum absolute atomic E-state index is 12.6. The molecule has 3 heterocycles. The molecule has 0 aromatic carbocycles. The number of aryl methyl sites for hydroxylation is 1. The second kappa shape index (κ2) is 7.23. The summed E-state index contributed by atoms with van der Waals surface area (Å²) in [5.74, 6) is 0.399. The van der Waals surface area contributed by atoms with Crippen LogP contribution in [0.3, 0.4) is 0 Å². The van der Waals surface area contributed by atoms with E-state index in [-0.39, 0.29) is 17.2 Å². The van der Waals surface area contributed by atoms with Gasteiger partial charge in [-0.3, -0.25) is 9.59 Å². The molecule has 6 heteroatoms. The van der Waals surface area contributed by atoms with Gasteiger partial charge in [0.05, 0.1) is 11.5 Å². The van der Waals surface area contributed by atoms with E-state index in [1.807, 2.05) is 28.9 Å². The van der Waals surface area contributed by atoms with Crippen molar-refractivity contribution >= 4 is 23.2 Å². The molecule has 0 bridgehead atoms. The van der Waals surface area contributed by atoms with Crippen molar-refractivity contribution in [2.24, 2.45) is 5.41 Å². The molecule has 2 amide bonds. The van der Waals surface area contributed by atoms with E-state index in [1.165, 1.54) is 4.88 Å². The molecule has 132 valence electrons. The quantitative estimate of drug-likeness (QED) is 0.838. The molecule has 1 spiro atoms. The molecule has 2 aliphatic rings. The number of ether oxygens (including phenoxy) is 1. The van der Waals surface area contributed by atoms with Crippen LogP contribution in [0.2, 0.25) is 0 Å². The van der Waals surface area contributed by atoms with Gasteiger partial charge < -0.3 is 14.5 Å². The number of likely N-dealkylation sites (tertiary alicyclic amines) is 2. The number of piperidine rings is 2. The van der Waals surface area contributed by atoms with Crippen LogP contribution >= 0.6 is 11.3 Å². The smallest absolute Gasteiger partial charge is 0.263 e. The lowest BCUT2D eigenvalue weighted by Crippen LogP contribution is -2.52. The molecule has 0 atom stereocenters. The van der Waals surface area contributed by atoms with Gasteiger partial charge in [-0.25, -0.2) is 0 Å². The van der Waals surface area contributed by atoms with Gasteiger partial charge in [0.25, 0.3) is 5.91 Å². The van der Waals surface area contributed by atoms with Crippen molar-refractivity contribution in [1.82, 2.24) is 9.80 Å². The Morgan fingerprint density at radius 2 is 2.04 bits per heavy atom. The first kappa shape index (κ1) is 17.4. The minimum atomic E-state index is 0.158. The van der Waals surface area contributed by atoms with Crippen molar-refractivity contribution in [3.63, 3.8) is 0 Å². The molecule has 5 nitrogen and oxygen atoms in total. The zero-order valence-electron chi connectivity index (χ0n) is 14.5. The van der Waals surface area contributed by atoms with E-state index >= 15 is 0 Å². The summed E-state index contributed by atoms with van der Waals surface area (Å²) in [6.07, 6.45) is 3.55. The number of hydrogen-bond donors (Lipinski definition) is 0. The lowest BCUT2D eigenvalue weighted by Gasteiger charge is -2.47. The fourth-order valence-electron chi connectivity index (χ4n) is 3.81. The Morgan fingerprint density at radius 3 is 2.67 bits per heavy atom. The highest BCUT2D eigenvalue weighted by Crippen LogP contribution is 2.40. The van der Waals surface area contributed by atoms with Gasteiger partial charge in [0.2, 0.25) is 5.91 Å². The van der Waals surface area contributed by atoms with Crippen molar-refractivity contribution < 1.29 is 14.3 Å². The molecule has 0 unspecified atom stereocenters. The highest BCUT2D eigenvalue weighted by atomic mass is 32.1. The van der Waals surface area contributed by atoms with Gasteiger partial charge in [-0.1, -0.05) is 0 Å². The zero-order chi connectivity index (χ0) is 17.2. The summed E-state index contributed by atoms with van der Waals surface area (Å²) in [4.78, 5) is 30.6. The average molecular weight is 350 g/mol. The largest absolute Gasteiger partial charge is 0.383 e. The molecule has 1 aromatic heterocycles. The Morgan fingerprint density at radius 1 is 1.29 bits per heavy atom. The van der Waals surface area contributed by atoms with E-state index in [1.54, 1.807) is 18.4 Å². The predicted octanol–water partition coefficient (Wildman–Crippen LogP) is 2.55. The van der Waals surface area contributed by atoms with Crippen molar-refractivity contribution in [2.75, 3.05) is 39.9 Å². The average Bonchev–Trinajstić information content (AvgIpc) is 3.02. The van der Waals surface area contributed by atoms with E-state index < -0.39 is 0 Å². The zero-order valence-corrected chi connectivity index (χ0v) is 15.4. The summed E-state index contributed by atoms with van der Waals surface area (Å²) in [7, 11) is 1.67. The summed E-state index contributed by atoms with van der Waals surface area (Å²) in [6, 6.07) is 3.93. The predicted molar refractivity (Wildman–Crippen MR) is 94.3 cm³/mol. The SMILES string of the molecule is COCCN1CC2(CCC1=O)CCN(C(=O)c1ccc(C)s1)CC2. The van der Waals surface area contributed by atoms with Crippen LogP contribution in [0.1, 0.15) is 40.2 Å². The van der Waals surface area contributed by atoms with Crippen molar-refractivity contribution in [3.8, 4) is 0 Å². The second-order valence-electron chi connectivity index (χ2n) is 7.01. The van der Waals surface area contributed by atoms with E-state index in [4.69, 9.17) is 4.74 Å². The molecule has 2 aliphatic heterocycles. The molecule has 0 N–H and O–H groups in total. The normalized spacial score (nSPS) is 20.7. The second-order valence-corrected chi connectivity index (χ2v) is 8.30. The number of hydrogen-bond acceptors (Lipinski definition) is 4. The number of amides is 2. The Labute approximate surface area is 147 Å². The number of carbonyl (C=O) groups excluding carboxylic acids is 2. The van der Waals surface area contributed by atoms with Gasteiger partial charge in [-0.2, -0.15) is 0 Å². The van der Waals surface area contributed by atoms with Gasteiger partial charge in [-0.15, -0.1) is 11.3 Å². The minimum Gasteiger partial charge on any atom is -0.383 e. The van der Waals surface area contributed by atoms with Crippen molar-refractivity contribution in [2.45, 2.75) is 32.6 Å². The number of carbonyl (C=O) groups is 2. The maximum atomic E-state index is 12.6. The Kier molecular flexibility index (Phi) is 5.25. The summed E-state index contributed by atoms with van der Waals surface area (Å²) < 4.78 is 5.12. The van der Waals surface area contributed by atoms with E-state index in [2.05, 4.69) is 0 Å². The Bertz CT molecular complexity index is 605. The third-order valence-corrected chi connectivity index (χ3v) is 6.36. The van der Waals surface area contributed by atoms with Crippen LogP contribution in [-0.2, 0) is 9.53 Å². The molecule has 0 saturated carbocycles. The standard InChI is InChI=1S/C18H26N2O3S/c1-14-3-4-15(24-14)17(22)19-9-7-18(8-10-19)6-5-16(21)20(13-18)11-12-23-2/h3-4H,5-13H2,1-2H3. The first-order valence-corrected chi connectivity index (χ1v) is 9.47. The van der Waals surface area contributed by atoms with Gasteiger partial charge in [0.1, 0.15) is 0 Å². The third-order valence-electron chi connectivity index (χ3n) is 5.38. The molecular weight excluding hydrogens is 324 g/mol. The summed E-state index contributed by atoms with van der Waals surface area (Å²) in [6.45, 7) is 5.69.